The lowest BCUT2D eigenvalue weighted by atomic mass is 9.77. The number of hydrogen-bond donors (Lipinski definition) is 1. The van der Waals surface area contributed by atoms with E-state index < -0.39 is 11.7 Å². The first-order valence-corrected chi connectivity index (χ1v) is 8.53. The maximum Gasteiger partial charge on any atom is 0.419 e. The lowest BCUT2D eigenvalue weighted by molar-refractivity contribution is -0.165. The van der Waals surface area contributed by atoms with Crippen LogP contribution in [0.3, 0.4) is 0 Å². The summed E-state index contributed by atoms with van der Waals surface area (Å²) in [5.74, 6) is 0.177. The largest absolute Gasteiger partial charge is 0.419 e. The summed E-state index contributed by atoms with van der Waals surface area (Å²) in [6, 6.07) is 0.124. The summed E-state index contributed by atoms with van der Waals surface area (Å²) in [7, 11) is 0. The number of nitrogens with zero attached hydrogens (tertiary/aromatic N) is 3. The number of hydrogen-bond acceptors (Lipinski definition) is 5. The fraction of sp³-hybridized carbons (Fsp3) is 0.562. The molecular weight excluding hydrogens is 357 g/mol. The third-order valence-electron chi connectivity index (χ3n) is 5.07. The minimum atomic E-state index is -4.56. The normalized spacial score (nSPS) is 26.6. The monoisotopic (exact) mass is 372 g/mol. The average Bonchev–Trinajstić information content (AvgIpc) is 2.53. The van der Waals surface area contributed by atoms with Crippen molar-refractivity contribution in [2.75, 3.05) is 11.9 Å². The second-order valence-corrected chi connectivity index (χ2v) is 6.97. The number of alkyl halides is 3. The number of fused-ring (bicyclic) bond motifs is 1. The van der Waals surface area contributed by atoms with Crippen molar-refractivity contribution in [1.29, 1.82) is 0 Å². The summed E-state index contributed by atoms with van der Waals surface area (Å²) in [5, 5.41) is 3.19. The molecule has 0 amide bonds. The van der Waals surface area contributed by atoms with E-state index in [1.807, 2.05) is 0 Å². The van der Waals surface area contributed by atoms with Gasteiger partial charge in [-0.1, -0.05) is 11.6 Å². The minimum Gasteiger partial charge on any atom is -0.375 e. The van der Waals surface area contributed by atoms with Gasteiger partial charge in [-0.15, -0.1) is 0 Å². The predicted octanol–water partition coefficient (Wildman–Crippen LogP) is 4.21. The Hall–Kier alpha value is -1.67. The summed E-state index contributed by atoms with van der Waals surface area (Å²) in [6.07, 6.45) is 2.18. The second-order valence-electron chi connectivity index (χ2n) is 6.62. The topological polar surface area (TPSA) is 59.9 Å². The molecule has 4 rings (SSSR count). The number of rotatable bonds is 2. The molecule has 9 heteroatoms. The van der Waals surface area contributed by atoms with E-state index in [-0.39, 0.29) is 33.6 Å². The van der Waals surface area contributed by atoms with E-state index in [9.17, 15) is 13.2 Å². The Balaban J connectivity index is 1.58. The van der Waals surface area contributed by atoms with E-state index in [1.54, 1.807) is 0 Å². The van der Waals surface area contributed by atoms with Gasteiger partial charge in [0.05, 0.1) is 23.1 Å². The van der Waals surface area contributed by atoms with Gasteiger partial charge in [-0.05, 0) is 32.1 Å². The highest BCUT2D eigenvalue weighted by atomic mass is 35.5. The molecule has 0 bridgehead atoms. The molecule has 2 aromatic rings. The zero-order chi connectivity index (χ0) is 17.7. The Morgan fingerprint density at radius 3 is 2.48 bits per heavy atom. The van der Waals surface area contributed by atoms with Crippen LogP contribution in [0.15, 0.2) is 12.4 Å². The Kier molecular flexibility index (Phi) is 3.99. The summed E-state index contributed by atoms with van der Waals surface area (Å²) >= 11 is 5.88. The molecule has 1 N–H and O–H groups in total. The highest BCUT2D eigenvalue weighted by Crippen LogP contribution is 2.41. The van der Waals surface area contributed by atoms with Gasteiger partial charge in [-0.25, -0.2) is 15.0 Å². The van der Waals surface area contributed by atoms with Gasteiger partial charge in [0.1, 0.15) is 10.7 Å². The Labute approximate surface area is 147 Å². The molecule has 1 spiro atoms. The van der Waals surface area contributed by atoms with Gasteiger partial charge in [-0.2, -0.15) is 13.2 Å². The number of aromatic nitrogens is 3. The molecule has 1 aliphatic carbocycles. The van der Waals surface area contributed by atoms with Crippen molar-refractivity contribution in [1.82, 2.24) is 15.0 Å². The van der Waals surface area contributed by atoms with Crippen LogP contribution in [-0.2, 0) is 10.9 Å². The fourth-order valence-electron chi connectivity index (χ4n) is 3.52. The standard InChI is InChI=1S/C16H16ClF3N4O/c17-13-10-7-22-14(24-12(10)11(8-21-13)16(18,19)20)23-9-1-3-15(4-2-9)5-6-25-15/h7-9H,1-6H2,(H,22,23,24)/t9-,15-. The summed E-state index contributed by atoms with van der Waals surface area (Å²) in [4.78, 5) is 11.8. The van der Waals surface area contributed by atoms with Crippen LogP contribution in [0.1, 0.15) is 37.7 Å². The molecule has 5 nitrogen and oxygen atoms in total. The van der Waals surface area contributed by atoms with Gasteiger partial charge in [0.15, 0.2) is 0 Å². The molecule has 2 aliphatic rings. The summed E-state index contributed by atoms with van der Waals surface area (Å²) in [6.45, 7) is 0.820. The van der Waals surface area contributed by atoms with Crippen LogP contribution in [-0.4, -0.2) is 33.2 Å². The zero-order valence-electron chi connectivity index (χ0n) is 13.2. The van der Waals surface area contributed by atoms with Crippen molar-refractivity contribution in [2.24, 2.45) is 0 Å². The quantitative estimate of drug-likeness (QED) is 0.800. The van der Waals surface area contributed by atoms with Crippen LogP contribution in [0.2, 0.25) is 5.15 Å². The minimum absolute atomic E-state index is 0.0328. The third kappa shape index (κ3) is 3.13. The molecular formula is C16H16ClF3N4O. The molecule has 1 saturated heterocycles. The van der Waals surface area contributed by atoms with Gasteiger partial charge in [-0.3, -0.25) is 0 Å². The number of pyridine rings is 1. The zero-order valence-corrected chi connectivity index (χ0v) is 14.0. The average molecular weight is 373 g/mol. The molecule has 0 atom stereocenters. The van der Waals surface area contributed by atoms with Crippen molar-refractivity contribution < 1.29 is 17.9 Å². The van der Waals surface area contributed by atoms with Crippen LogP contribution >= 0.6 is 11.6 Å². The van der Waals surface area contributed by atoms with E-state index in [1.165, 1.54) is 6.20 Å². The molecule has 0 unspecified atom stereocenters. The molecule has 1 aliphatic heterocycles. The Morgan fingerprint density at radius 1 is 1.16 bits per heavy atom. The van der Waals surface area contributed by atoms with Crippen molar-refractivity contribution in [3.63, 3.8) is 0 Å². The van der Waals surface area contributed by atoms with Crippen molar-refractivity contribution in [2.45, 2.75) is 49.9 Å². The van der Waals surface area contributed by atoms with Crippen LogP contribution in [0, 0.1) is 0 Å². The van der Waals surface area contributed by atoms with Crippen molar-refractivity contribution >= 4 is 28.5 Å². The number of anilines is 1. The van der Waals surface area contributed by atoms with Crippen LogP contribution in [0.25, 0.3) is 10.9 Å². The molecule has 1 saturated carbocycles. The molecule has 0 radical (unpaired) electrons. The Morgan fingerprint density at radius 2 is 1.88 bits per heavy atom. The molecule has 2 fully saturated rings. The first kappa shape index (κ1) is 16.8. The van der Waals surface area contributed by atoms with Crippen molar-refractivity contribution in [3.05, 3.63) is 23.1 Å². The van der Waals surface area contributed by atoms with E-state index in [0.717, 1.165) is 38.7 Å². The number of nitrogens with one attached hydrogen (secondary N) is 1. The van der Waals surface area contributed by atoms with E-state index in [4.69, 9.17) is 16.3 Å². The van der Waals surface area contributed by atoms with Gasteiger partial charge < -0.3 is 10.1 Å². The van der Waals surface area contributed by atoms with E-state index >= 15 is 0 Å². The maximum atomic E-state index is 13.2. The van der Waals surface area contributed by atoms with E-state index in [2.05, 4.69) is 20.3 Å². The lowest BCUT2D eigenvalue weighted by Crippen LogP contribution is -2.48. The van der Waals surface area contributed by atoms with Gasteiger partial charge in [0.25, 0.3) is 0 Å². The highest BCUT2D eigenvalue weighted by Gasteiger charge is 2.41. The summed E-state index contributed by atoms with van der Waals surface area (Å²) in [5.41, 5.74) is -1.12. The molecule has 3 heterocycles. The lowest BCUT2D eigenvalue weighted by Gasteiger charge is -2.46. The number of halogens is 4. The van der Waals surface area contributed by atoms with Crippen LogP contribution in [0.4, 0.5) is 19.1 Å². The first-order chi connectivity index (χ1) is 11.9. The molecule has 0 aromatic carbocycles. The number of ether oxygens (including phenoxy) is 1. The van der Waals surface area contributed by atoms with Gasteiger partial charge in [0.2, 0.25) is 5.95 Å². The highest BCUT2D eigenvalue weighted by molar-refractivity contribution is 6.34. The molecule has 25 heavy (non-hydrogen) atoms. The smallest absolute Gasteiger partial charge is 0.375 e. The predicted molar refractivity (Wildman–Crippen MR) is 86.5 cm³/mol. The molecule has 2 aromatic heterocycles. The molecule has 134 valence electrons. The van der Waals surface area contributed by atoms with Crippen LogP contribution < -0.4 is 5.32 Å². The van der Waals surface area contributed by atoms with Crippen LogP contribution in [0.5, 0.6) is 0 Å². The Bertz CT molecular complexity index is 800. The van der Waals surface area contributed by atoms with E-state index in [0.29, 0.717) is 6.20 Å². The van der Waals surface area contributed by atoms with Gasteiger partial charge in [0, 0.05) is 18.4 Å². The maximum absolute atomic E-state index is 13.2. The van der Waals surface area contributed by atoms with Crippen molar-refractivity contribution in [3.8, 4) is 0 Å². The fourth-order valence-corrected chi connectivity index (χ4v) is 3.71. The van der Waals surface area contributed by atoms with Gasteiger partial charge >= 0.3 is 6.18 Å². The SMILES string of the molecule is FC(F)(F)c1cnc(Cl)c2cnc(N[C@H]3CC[C@@]4(CCO4)CC3)nc12. The first-order valence-electron chi connectivity index (χ1n) is 8.15. The third-order valence-corrected chi connectivity index (χ3v) is 5.38. The summed E-state index contributed by atoms with van der Waals surface area (Å²) < 4.78 is 45.3. The second kappa shape index (κ2) is 5.95.